The molecular weight excluding hydrogens is 941 g/mol. The fraction of sp³-hybridized carbons (Fsp3) is 0.123. The van der Waals surface area contributed by atoms with Crippen LogP contribution in [0.1, 0.15) is 44.5 Å². The van der Waals surface area contributed by atoms with E-state index in [2.05, 4.69) is 246 Å². The number of fused-ring (bicyclic) bond motifs is 7. The molecular formula is C73H58O4. The molecule has 0 radical (unpaired) electrons. The highest BCUT2D eigenvalue weighted by Crippen LogP contribution is 2.60. The molecule has 0 bridgehead atoms. The van der Waals surface area contributed by atoms with Gasteiger partial charge < -0.3 is 19.7 Å². The summed E-state index contributed by atoms with van der Waals surface area (Å²) in [7, 11) is 0. The average molecular weight is 999 g/mol. The van der Waals surface area contributed by atoms with Crippen molar-refractivity contribution in [3.8, 4) is 67.1 Å². The molecule has 0 spiro atoms. The van der Waals surface area contributed by atoms with Gasteiger partial charge in [0.2, 0.25) is 0 Å². The average Bonchev–Trinajstić information content (AvgIpc) is 3.92. The summed E-state index contributed by atoms with van der Waals surface area (Å²) >= 11 is 0. The van der Waals surface area contributed by atoms with E-state index in [0.29, 0.717) is 11.5 Å². The summed E-state index contributed by atoms with van der Waals surface area (Å²) in [4.78, 5) is 0. The maximum atomic E-state index is 10.5. The van der Waals surface area contributed by atoms with Crippen LogP contribution < -0.4 is 9.47 Å². The lowest BCUT2D eigenvalue weighted by Gasteiger charge is -2.36. The zero-order valence-corrected chi connectivity index (χ0v) is 43.8. The molecule has 0 amide bonds. The molecule has 12 aromatic carbocycles. The van der Waals surface area contributed by atoms with E-state index in [1.54, 1.807) is 0 Å². The second kappa shape index (κ2) is 19.4. The van der Waals surface area contributed by atoms with E-state index in [4.69, 9.17) is 9.47 Å². The first-order valence-corrected chi connectivity index (χ1v) is 26.8. The number of aliphatic hydroxyl groups excluding tert-OH is 2. The molecule has 77 heavy (non-hydrogen) atoms. The quantitative estimate of drug-likeness (QED) is 0.128. The Bertz CT molecular complexity index is 3830. The number of hydrogen-bond acceptors (Lipinski definition) is 4. The smallest absolute Gasteiger partial charge is 0.135 e. The van der Waals surface area contributed by atoms with Crippen LogP contribution in [0.2, 0.25) is 0 Å². The Balaban J connectivity index is 1.20. The lowest BCUT2D eigenvalue weighted by molar-refractivity contribution is 0.202. The fourth-order valence-corrected chi connectivity index (χ4v) is 12.6. The van der Waals surface area contributed by atoms with Gasteiger partial charge in [0.05, 0.1) is 18.6 Å². The van der Waals surface area contributed by atoms with Crippen molar-refractivity contribution in [2.24, 2.45) is 0 Å². The third-order valence-electron chi connectivity index (χ3n) is 16.3. The van der Waals surface area contributed by atoms with Crippen LogP contribution in [0.25, 0.3) is 98.7 Å². The summed E-state index contributed by atoms with van der Waals surface area (Å²) in [6.07, 6.45) is 0. The van der Waals surface area contributed by atoms with Crippen molar-refractivity contribution < 1.29 is 19.7 Å². The van der Waals surface area contributed by atoms with Gasteiger partial charge in [0.1, 0.15) is 24.7 Å². The highest BCUT2D eigenvalue weighted by atomic mass is 16.5. The van der Waals surface area contributed by atoms with E-state index >= 15 is 0 Å². The van der Waals surface area contributed by atoms with Crippen molar-refractivity contribution in [1.82, 2.24) is 0 Å². The molecule has 0 aliphatic heterocycles. The molecule has 0 saturated carbocycles. The zero-order chi connectivity index (χ0) is 52.4. The Kier molecular flexibility index (Phi) is 12.1. The van der Waals surface area contributed by atoms with Gasteiger partial charge in [-0.3, -0.25) is 0 Å². The Morgan fingerprint density at radius 2 is 0.610 bits per heavy atom. The molecule has 13 rings (SSSR count). The molecule has 0 fully saturated rings. The second-order valence-corrected chi connectivity index (χ2v) is 20.8. The molecule has 1 aliphatic rings. The minimum absolute atomic E-state index is 0.119. The topological polar surface area (TPSA) is 58.9 Å². The largest absolute Gasteiger partial charge is 0.490 e. The number of ether oxygens (including phenoxy) is 2. The van der Waals surface area contributed by atoms with Crippen LogP contribution in [0.4, 0.5) is 0 Å². The van der Waals surface area contributed by atoms with Gasteiger partial charge in [0.15, 0.2) is 0 Å². The predicted octanol–water partition coefficient (Wildman–Crippen LogP) is 17.3. The Labute approximate surface area is 450 Å². The third kappa shape index (κ3) is 7.98. The molecule has 0 heterocycles. The normalized spacial score (nSPS) is 12.6. The molecule has 4 heteroatoms. The summed E-state index contributed by atoms with van der Waals surface area (Å²) < 4.78 is 13.8. The Morgan fingerprint density at radius 3 is 0.909 bits per heavy atom. The summed E-state index contributed by atoms with van der Waals surface area (Å²) in [5, 5.41) is 30.4. The molecule has 374 valence electrons. The molecule has 2 N–H and O–H groups in total. The van der Waals surface area contributed by atoms with Crippen molar-refractivity contribution in [2.45, 2.75) is 33.1 Å². The van der Waals surface area contributed by atoms with E-state index in [9.17, 15) is 10.2 Å². The van der Waals surface area contributed by atoms with Gasteiger partial charge in [-0.05, 0) is 197 Å². The van der Waals surface area contributed by atoms with Crippen LogP contribution in [0.5, 0.6) is 11.5 Å². The lowest BCUT2D eigenvalue weighted by Crippen LogP contribution is -2.29. The highest BCUT2D eigenvalue weighted by Gasteiger charge is 2.47. The monoisotopic (exact) mass is 998 g/mol. The predicted molar refractivity (Wildman–Crippen MR) is 320 cm³/mol. The van der Waals surface area contributed by atoms with Crippen LogP contribution in [-0.2, 0) is 5.41 Å². The van der Waals surface area contributed by atoms with Crippen molar-refractivity contribution in [3.05, 3.63) is 263 Å². The van der Waals surface area contributed by atoms with Crippen molar-refractivity contribution in [2.75, 3.05) is 26.4 Å². The van der Waals surface area contributed by atoms with Crippen LogP contribution in [0.3, 0.4) is 0 Å². The second-order valence-electron chi connectivity index (χ2n) is 20.8. The van der Waals surface area contributed by atoms with Crippen molar-refractivity contribution >= 4 is 43.1 Å². The SMILES string of the molecule is Cc1cccc2cc(-c3cc(C4(c5cc(-c6ccc7c(C)cccc7c6)c(OCCO)c(-c6ccc7c(C)cccc7c6)c5)c5ccccc5-c5ccccc54)cc(-c4ccc5c(C)cccc5c4)c3OCCO)ccc12. The minimum Gasteiger partial charge on any atom is -0.490 e. The molecule has 0 unspecified atom stereocenters. The molecule has 0 atom stereocenters. The zero-order valence-electron chi connectivity index (χ0n) is 43.8. The maximum Gasteiger partial charge on any atom is 0.135 e. The Hall–Kier alpha value is -8.80. The van der Waals surface area contributed by atoms with Gasteiger partial charge in [-0.25, -0.2) is 0 Å². The van der Waals surface area contributed by atoms with E-state index < -0.39 is 5.41 Å². The van der Waals surface area contributed by atoms with Gasteiger partial charge in [-0.1, -0.05) is 170 Å². The molecule has 0 saturated heterocycles. The van der Waals surface area contributed by atoms with Crippen LogP contribution in [-0.4, -0.2) is 36.6 Å². The van der Waals surface area contributed by atoms with Crippen LogP contribution in [0.15, 0.2) is 218 Å². The standard InChI is InChI=1S/C73H58O4/c1-45-13-9-17-49-37-53(25-29-59(45)49)65-41-57(42-66(71(65)76-35-33-74)54-26-30-60-46(2)14-10-18-50(60)38-54)73(69-23-7-5-21-63(69)64-22-6-8-24-70(64)73)58-43-67(55-27-31-61-47(3)15-11-19-51(61)39-55)72(77-36-34-75)68(44-58)56-28-32-62-48(4)16-12-20-52(62)40-56/h5-32,37-44,74-75H,33-36H2,1-4H3. The summed E-state index contributed by atoms with van der Waals surface area (Å²) in [6, 6.07) is 80.2. The van der Waals surface area contributed by atoms with Gasteiger partial charge in [0.25, 0.3) is 0 Å². The maximum absolute atomic E-state index is 10.5. The first-order chi connectivity index (χ1) is 37.7. The Morgan fingerprint density at radius 1 is 0.312 bits per heavy atom. The van der Waals surface area contributed by atoms with Gasteiger partial charge >= 0.3 is 0 Å². The lowest BCUT2D eigenvalue weighted by atomic mass is 9.66. The van der Waals surface area contributed by atoms with Gasteiger partial charge in [-0.15, -0.1) is 0 Å². The van der Waals surface area contributed by atoms with Crippen LogP contribution in [0, 0.1) is 27.7 Å². The number of hydrogen-bond donors (Lipinski definition) is 2. The highest BCUT2D eigenvalue weighted by molar-refractivity contribution is 5.99. The summed E-state index contributed by atoms with van der Waals surface area (Å²) in [5.41, 5.74) is 18.5. The van der Waals surface area contributed by atoms with E-state index in [-0.39, 0.29) is 26.4 Å². The minimum atomic E-state index is -0.924. The van der Waals surface area contributed by atoms with E-state index in [0.717, 1.165) is 88.3 Å². The third-order valence-corrected chi connectivity index (χ3v) is 16.3. The number of benzene rings is 12. The van der Waals surface area contributed by atoms with E-state index in [1.165, 1.54) is 54.9 Å². The first-order valence-electron chi connectivity index (χ1n) is 26.8. The number of aryl methyl sites for hydroxylation is 4. The van der Waals surface area contributed by atoms with Crippen LogP contribution >= 0.6 is 0 Å². The molecule has 1 aliphatic carbocycles. The summed E-state index contributed by atoms with van der Waals surface area (Å²) in [6.45, 7) is 8.61. The number of aliphatic hydroxyl groups is 2. The van der Waals surface area contributed by atoms with Gasteiger partial charge in [0, 0.05) is 22.3 Å². The van der Waals surface area contributed by atoms with E-state index in [1.807, 2.05) is 0 Å². The summed E-state index contributed by atoms with van der Waals surface area (Å²) in [5.74, 6) is 1.42. The molecule has 12 aromatic rings. The molecule has 0 aromatic heterocycles. The molecule has 4 nitrogen and oxygen atoms in total. The fourth-order valence-electron chi connectivity index (χ4n) is 12.6. The van der Waals surface area contributed by atoms with Crippen molar-refractivity contribution in [1.29, 1.82) is 0 Å². The van der Waals surface area contributed by atoms with Gasteiger partial charge in [-0.2, -0.15) is 0 Å². The first kappa shape index (κ1) is 47.9. The number of rotatable bonds is 12. The van der Waals surface area contributed by atoms with Crippen molar-refractivity contribution in [3.63, 3.8) is 0 Å².